The van der Waals surface area contributed by atoms with E-state index in [0.29, 0.717) is 0 Å². The van der Waals surface area contributed by atoms with E-state index in [4.69, 9.17) is 0 Å². The van der Waals surface area contributed by atoms with Gasteiger partial charge in [-0.15, -0.1) is 0 Å². The van der Waals surface area contributed by atoms with Crippen molar-refractivity contribution in [3.63, 3.8) is 0 Å². The third-order valence-corrected chi connectivity index (χ3v) is 5.41. The van der Waals surface area contributed by atoms with Gasteiger partial charge in [0, 0.05) is 0 Å². The highest BCUT2D eigenvalue weighted by atomic mass is 14.3. The Balaban J connectivity index is 2.42. The minimum absolute atomic E-state index is 0.0678. The fourth-order valence-electron chi connectivity index (χ4n) is 4.54. The molecule has 0 spiro atoms. The van der Waals surface area contributed by atoms with Gasteiger partial charge in [-0.1, -0.05) is 102 Å². The predicted octanol–water partition coefficient (Wildman–Crippen LogP) is 7.74. The maximum Gasteiger partial charge on any atom is -0.00586 e. The Morgan fingerprint density at radius 2 is 0.962 bits per heavy atom. The standard InChI is InChI=1S/C26H28/c1-25(2,3)23-19-13-9-10-14-20(19)24(26(4,5)6)22-18-12-8-7-11-17(18)15-16-21(22)23/h7-16H,1-6H3. The van der Waals surface area contributed by atoms with Gasteiger partial charge in [-0.25, -0.2) is 0 Å². The molecule has 132 valence electrons. The van der Waals surface area contributed by atoms with Crippen LogP contribution in [-0.2, 0) is 10.8 Å². The molecule has 0 aromatic heterocycles. The molecule has 0 aliphatic heterocycles. The maximum atomic E-state index is 2.35. The molecule has 4 aromatic carbocycles. The molecule has 0 saturated heterocycles. The first kappa shape index (κ1) is 17.1. The molecule has 26 heavy (non-hydrogen) atoms. The third-order valence-electron chi connectivity index (χ3n) is 5.41. The van der Waals surface area contributed by atoms with E-state index in [1.807, 2.05) is 0 Å². The molecule has 0 radical (unpaired) electrons. The molecule has 0 N–H and O–H groups in total. The highest BCUT2D eigenvalue weighted by Gasteiger charge is 2.27. The Labute approximate surface area is 156 Å². The quantitative estimate of drug-likeness (QED) is 0.227. The topological polar surface area (TPSA) is 0 Å². The highest BCUT2D eigenvalue weighted by Crippen LogP contribution is 2.45. The van der Waals surface area contributed by atoms with Crippen molar-refractivity contribution in [2.24, 2.45) is 0 Å². The molecule has 0 amide bonds. The SMILES string of the molecule is CC(C)(C)c1c2ccccc2c(C(C)(C)C)c2c1ccc1ccccc12. The van der Waals surface area contributed by atoms with Crippen LogP contribution in [0.15, 0.2) is 60.7 Å². The van der Waals surface area contributed by atoms with Crippen LogP contribution in [0.2, 0.25) is 0 Å². The zero-order valence-corrected chi connectivity index (χ0v) is 16.8. The summed E-state index contributed by atoms with van der Waals surface area (Å²) in [6.45, 7) is 14.0. The van der Waals surface area contributed by atoms with E-state index < -0.39 is 0 Å². The normalized spacial score (nSPS) is 13.0. The lowest BCUT2D eigenvalue weighted by molar-refractivity contribution is 0.593. The van der Waals surface area contributed by atoms with E-state index in [1.54, 1.807) is 0 Å². The van der Waals surface area contributed by atoms with Crippen LogP contribution in [0.1, 0.15) is 52.7 Å². The molecule has 4 rings (SSSR count). The van der Waals surface area contributed by atoms with Crippen molar-refractivity contribution in [3.05, 3.63) is 71.8 Å². The van der Waals surface area contributed by atoms with Crippen LogP contribution >= 0.6 is 0 Å². The lowest BCUT2D eigenvalue weighted by atomic mass is 9.73. The van der Waals surface area contributed by atoms with E-state index in [9.17, 15) is 0 Å². The van der Waals surface area contributed by atoms with Gasteiger partial charge in [0.25, 0.3) is 0 Å². The average Bonchev–Trinajstić information content (AvgIpc) is 2.57. The van der Waals surface area contributed by atoms with Crippen molar-refractivity contribution in [2.45, 2.75) is 52.4 Å². The Morgan fingerprint density at radius 3 is 1.54 bits per heavy atom. The molecule has 0 saturated carbocycles. The molecule has 0 fully saturated rings. The van der Waals surface area contributed by atoms with Gasteiger partial charge in [0.2, 0.25) is 0 Å². The summed E-state index contributed by atoms with van der Waals surface area (Å²) in [7, 11) is 0. The second-order valence-electron chi connectivity index (χ2n) is 9.50. The van der Waals surface area contributed by atoms with E-state index in [1.165, 1.54) is 43.4 Å². The van der Waals surface area contributed by atoms with Gasteiger partial charge in [-0.3, -0.25) is 0 Å². The molecule has 0 aliphatic carbocycles. The summed E-state index contributed by atoms with van der Waals surface area (Å²) < 4.78 is 0. The first-order valence-corrected chi connectivity index (χ1v) is 9.57. The number of fused-ring (bicyclic) bond motifs is 4. The lowest BCUT2D eigenvalue weighted by Crippen LogP contribution is -2.17. The zero-order valence-electron chi connectivity index (χ0n) is 16.8. The summed E-state index contributed by atoms with van der Waals surface area (Å²) in [5.74, 6) is 0. The third kappa shape index (κ3) is 2.51. The zero-order chi connectivity index (χ0) is 18.7. The summed E-state index contributed by atoms with van der Waals surface area (Å²) >= 11 is 0. The molecule has 0 unspecified atom stereocenters. The smallest absolute Gasteiger partial charge is 0.00586 e. The second-order valence-corrected chi connectivity index (χ2v) is 9.50. The molecule has 0 aliphatic rings. The van der Waals surface area contributed by atoms with Crippen LogP contribution in [0.5, 0.6) is 0 Å². The maximum absolute atomic E-state index is 2.35. The molecular formula is C26H28. The fourth-order valence-corrected chi connectivity index (χ4v) is 4.54. The summed E-state index contributed by atoms with van der Waals surface area (Å²) in [6, 6.07) is 22.4. The molecule has 0 heterocycles. The molecule has 4 aromatic rings. The summed E-state index contributed by atoms with van der Waals surface area (Å²) in [5.41, 5.74) is 3.07. The summed E-state index contributed by atoms with van der Waals surface area (Å²) in [5, 5.41) is 8.31. The highest BCUT2D eigenvalue weighted by molar-refractivity contribution is 6.17. The van der Waals surface area contributed by atoms with Crippen LogP contribution < -0.4 is 0 Å². The van der Waals surface area contributed by atoms with Gasteiger partial charge >= 0.3 is 0 Å². The van der Waals surface area contributed by atoms with Crippen LogP contribution in [0.3, 0.4) is 0 Å². The van der Waals surface area contributed by atoms with Gasteiger partial charge in [-0.2, -0.15) is 0 Å². The van der Waals surface area contributed by atoms with Crippen molar-refractivity contribution in [2.75, 3.05) is 0 Å². The van der Waals surface area contributed by atoms with E-state index in [0.717, 1.165) is 0 Å². The average molecular weight is 341 g/mol. The summed E-state index contributed by atoms with van der Waals surface area (Å²) in [4.78, 5) is 0. The van der Waals surface area contributed by atoms with Crippen LogP contribution in [-0.4, -0.2) is 0 Å². The monoisotopic (exact) mass is 340 g/mol. The van der Waals surface area contributed by atoms with Crippen LogP contribution in [0.25, 0.3) is 32.3 Å². The number of rotatable bonds is 0. The minimum Gasteiger partial charge on any atom is -0.0616 e. The first-order valence-electron chi connectivity index (χ1n) is 9.57. The van der Waals surface area contributed by atoms with Gasteiger partial charge in [0.05, 0.1) is 0 Å². The first-order chi connectivity index (χ1) is 12.2. The molecule has 0 atom stereocenters. The van der Waals surface area contributed by atoms with Crippen LogP contribution in [0, 0.1) is 0 Å². The Hall–Kier alpha value is -2.34. The number of benzene rings is 4. The predicted molar refractivity (Wildman–Crippen MR) is 116 cm³/mol. The molecule has 0 heteroatoms. The molecule has 0 bridgehead atoms. The Morgan fingerprint density at radius 1 is 0.462 bits per heavy atom. The number of hydrogen-bond acceptors (Lipinski definition) is 0. The molecular weight excluding hydrogens is 312 g/mol. The minimum atomic E-state index is 0.0678. The van der Waals surface area contributed by atoms with Gasteiger partial charge < -0.3 is 0 Å². The van der Waals surface area contributed by atoms with Crippen molar-refractivity contribution in [1.29, 1.82) is 0 Å². The van der Waals surface area contributed by atoms with Crippen LogP contribution in [0.4, 0.5) is 0 Å². The largest absolute Gasteiger partial charge is 0.0616 e. The van der Waals surface area contributed by atoms with Crippen molar-refractivity contribution < 1.29 is 0 Å². The van der Waals surface area contributed by atoms with Gasteiger partial charge in [0.1, 0.15) is 0 Å². The van der Waals surface area contributed by atoms with Crippen molar-refractivity contribution in [1.82, 2.24) is 0 Å². The van der Waals surface area contributed by atoms with Crippen molar-refractivity contribution in [3.8, 4) is 0 Å². The Kier molecular flexibility index (Phi) is 3.67. The Bertz CT molecular complexity index is 1130. The second kappa shape index (κ2) is 5.58. The summed E-state index contributed by atoms with van der Waals surface area (Å²) in [6.07, 6.45) is 0. The van der Waals surface area contributed by atoms with Gasteiger partial charge in [-0.05, 0) is 54.3 Å². The van der Waals surface area contributed by atoms with Gasteiger partial charge in [0.15, 0.2) is 0 Å². The fraction of sp³-hybridized carbons (Fsp3) is 0.308. The van der Waals surface area contributed by atoms with E-state index >= 15 is 0 Å². The number of hydrogen-bond donors (Lipinski definition) is 0. The lowest BCUT2D eigenvalue weighted by Gasteiger charge is -2.31. The van der Waals surface area contributed by atoms with E-state index in [-0.39, 0.29) is 10.8 Å². The van der Waals surface area contributed by atoms with E-state index in [2.05, 4.69) is 102 Å². The van der Waals surface area contributed by atoms with Crippen molar-refractivity contribution >= 4 is 32.3 Å². The molecule has 0 nitrogen and oxygen atoms in total.